The van der Waals surface area contributed by atoms with Crippen molar-refractivity contribution < 1.29 is 46.7 Å². The lowest BCUT2D eigenvalue weighted by Gasteiger charge is -2.30. The highest BCUT2D eigenvalue weighted by Gasteiger charge is 2.39. The summed E-state index contributed by atoms with van der Waals surface area (Å²) in [7, 11) is -4.00. The van der Waals surface area contributed by atoms with Crippen molar-refractivity contribution in [2.24, 2.45) is 10.7 Å². The smallest absolute Gasteiger partial charge is 0.408 e. The summed E-state index contributed by atoms with van der Waals surface area (Å²) >= 11 is 0. The Morgan fingerprint density at radius 2 is 1.55 bits per heavy atom. The molecule has 3 aromatic carbocycles. The highest BCUT2D eigenvalue weighted by molar-refractivity contribution is 7.90. The molecule has 20 heteroatoms. The fourth-order valence-corrected chi connectivity index (χ4v) is 8.23. The number of aliphatic imine (C=N–C) groups is 1. The molecular weight excluding hydrogens is 883 g/mol. The standard InChI is InChI=1S/C47H61N9O10S/c1-29-20-22-34(23-21-29)67(63,64)55-45(48)49-24-12-18-37(54-46(62)66-47(4,5)6)43(60)56-25-13-19-39(56)42(59)51-30(2)40(57)53-38(26-33-27-50-36-17-11-10-16-35(33)36)41(58)52-31(3)44(61)65-28-32-14-8-7-9-15-32/h7-11,14-17,20-23,27,30-31,37-39,50H,12-13,18-19,24-26,28H2,1-6H3,(H,51,59)(H,52,58)(H,53,57)(H,54,62)(H3,48,49,55)/t30-,31-,37-,38+,39+/m1/s1. The fourth-order valence-electron chi connectivity index (χ4n) is 7.28. The van der Waals surface area contributed by atoms with E-state index in [-0.39, 0.29) is 56.2 Å². The van der Waals surface area contributed by atoms with E-state index in [0.717, 1.165) is 27.6 Å². The van der Waals surface area contributed by atoms with Crippen LogP contribution in [0.4, 0.5) is 4.79 Å². The Kier molecular flexibility index (Phi) is 17.5. The molecule has 0 bridgehead atoms. The lowest BCUT2D eigenvalue weighted by Crippen LogP contribution is -2.58. The van der Waals surface area contributed by atoms with Crippen LogP contribution in [-0.2, 0) is 56.5 Å². The summed E-state index contributed by atoms with van der Waals surface area (Å²) in [5.41, 5.74) is 8.19. The predicted molar refractivity (Wildman–Crippen MR) is 250 cm³/mol. The van der Waals surface area contributed by atoms with Gasteiger partial charge in [-0.2, -0.15) is 0 Å². The zero-order valence-corrected chi connectivity index (χ0v) is 39.4. The summed E-state index contributed by atoms with van der Waals surface area (Å²) in [5, 5.41) is 11.5. The topological polar surface area (TPSA) is 273 Å². The number of rotatable bonds is 19. The number of aryl methyl sites for hydroxylation is 1. The van der Waals surface area contributed by atoms with Crippen LogP contribution in [0.3, 0.4) is 0 Å². The van der Waals surface area contributed by atoms with Crippen molar-refractivity contribution in [1.29, 1.82) is 0 Å². The van der Waals surface area contributed by atoms with E-state index in [1.165, 1.54) is 30.9 Å². The van der Waals surface area contributed by atoms with E-state index in [0.29, 0.717) is 6.42 Å². The second-order valence-electron chi connectivity index (χ2n) is 17.4. The van der Waals surface area contributed by atoms with Crippen LogP contribution in [-0.4, -0.2) is 109 Å². The molecule has 0 spiro atoms. The number of hydrogen-bond acceptors (Lipinski definition) is 11. The summed E-state index contributed by atoms with van der Waals surface area (Å²) in [6.45, 7) is 9.90. The molecule has 2 heterocycles. The monoisotopic (exact) mass is 943 g/mol. The average Bonchev–Trinajstić information content (AvgIpc) is 3.94. The van der Waals surface area contributed by atoms with Gasteiger partial charge in [0, 0.05) is 36.6 Å². The third kappa shape index (κ3) is 15.0. The number of carbonyl (C=O) groups is 6. The number of benzene rings is 3. The van der Waals surface area contributed by atoms with Gasteiger partial charge in [-0.3, -0.25) is 24.2 Å². The molecule has 1 fully saturated rings. The first-order chi connectivity index (χ1) is 31.7. The summed E-state index contributed by atoms with van der Waals surface area (Å²) in [4.78, 5) is 90.1. The molecule has 19 nitrogen and oxygen atoms in total. The van der Waals surface area contributed by atoms with Gasteiger partial charge in [-0.25, -0.2) is 22.7 Å². The van der Waals surface area contributed by atoms with Gasteiger partial charge < -0.3 is 46.4 Å². The Bertz CT molecular complexity index is 2520. The molecule has 5 atom stereocenters. The van der Waals surface area contributed by atoms with Crippen LogP contribution in [0, 0.1) is 6.92 Å². The van der Waals surface area contributed by atoms with Crippen LogP contribution in [0.1, 0.15) is 77.0 Å². The molecule has 0 saturated carbocycles. The maximum Gasteiger partial charge on any atom is 0.408 e. The number of esters is 1. The first kappa shape index (κ1) is 51.0. The summed E-state index contributed by atoms with van der Waals surface area (Å²) < 4.78 is 38.6. The third-order valence-electron chi connectivity index (χ3n) is 10.8. The summed E-state index contributed by atoms with van der Waals surface area (Å²) in [6.07, 6.45) is 1.80. The van der Waals surface area contributed by atoms with Gasteiger partial charge in [-0.1, -0.05) is 66.2 Å². The Hall–Kier alpha value is -6.96. The number of fused-ring (bicyclic) bond motifs is 1. The minimum absolute atomic E-state index is 0.00120. The SMILES string of the molecule is Cc1ccc(S(=O)(=O)NC(N)=NCCC[C@@H](NC(=O)OC(C)(C)C)C(=O)N2CCC[C@H]2C(=O)N[C@H](C)C(=O)N[C@@H](Cc2c[nH]c3ccccc23)C(=O)N[C@H](C)C(=O)OCc2ccccc2)cc1. The fraction of sp³-hybridized carbons (Fsp3) is 0.426. The first-order valence-corrected chi connectivity index (χ1v) is 23.5. The number of nitrogens with one attached hydrogen (secondary N) is 6. The first-order valence-electron chi connectivity index (χ1n) is 22.1. The molecule has 4 aromatic rings. The number of para-hydroxylation sites is 1. The van der Waals surface area contributed by atoms with E-state index in [4.69, 9.17) is 15.2 Å². The quantitative estimate of drug-likeness (QED) is 0.0310. The number of aromatic amines is 1. The summed E-state index contributed by atoms with van der Waals surface area (Å²) in [6, 6.07) is 17.1. The van der Waals surface area contributed by atoms with E-state index in [2.05, 4.69) is 36.0 Å². The normalized spacial score (nSPS) is 15.9. The number of aromatic nitrogens is 1. The molecule has 1 saturated heterocycles. The molecule has 0 unspecified atom stereocenters. The van der Waals surface area contributed by atoms with Crippen molar-refractivity contribution in [1.82, 2.24) is 35.9 Å². The highest BCUT2D eigenvalue weighted by Crippen LogP contribution is 2.22. The number of alkyl carbamates (subject to hydrolysis) is 1. The van der Waals surface area contributed by atoms with Crippen LogP contribution in [0.5, 0.6) is 0 Å². The van der Waals surface area contributed by atoms with Gasteiger partial charge in [-0.15, -0.1) is 0 Å². The number of likely N-dealkylation sites (tertiary alicyclic amines) is 1. The van der Waals surface area contributed by atoms with Crippen molar-refractivity contribution >= 4 is 62.6 Å². The van der Waals surface area contributed by atoms with E-state index >= 15 is 0 Å². The molecule has 5 rings (SSSR count). The zero-order valence-electron chi connectivity index (χ0n) is 38.6. The van der Waals surface area contributed by atoms with Gasteiger partial charge in [0.25, 0.3) is 10.0 Å². The zero-order chi connectivity index (χ0) is 48.9. The lowest BCUT2D eigenvalue weighted by atomic mass is 10.0. The van der Waals surface area contributed by atoms with E-state index < -0.39 is 81.5 Å². The minimum Gasteiger partial charge on any atom is -0.459 e. The van der Waals surface area contributed by atoms with Crippen LogP contribution >= 0.6 is 0 Å². The number of carbonyl (C=O) groups excluding carboxylic acids is 6. The maximum atomic E-state index is 14.2. The van der Waals surface area contributed by atoms with Crippen LogP contribution in [0.2, 0.25) is 0 Å². The number of nitrogens with zero attached hydrogens (tertiary/aromatic N) is 2. The Morgan fingerprint density at radius 1 is 0.866 bits per heavy atom. The maximum absolute atomic E-state index is 14.2. The largest absolute Gasteiger partial charge is 0.459 e. The molecule has 8 N–H and O–H groups in total. The van der Waals surface area contributed by atoms with Crippen molar-refractivity contribution in [2.75, 3.05) is 13.1 Å². The molecule has 1 aliphatic heterocycles. The van der Waals surface area contributed by atoms with E-state index in [9.17, 15) is 37.2 Å². The van der Waals surface area contributed by atoms with Crippen molar-refractivity contribution in [3.8, 4) is 0 Å². The number of amides is 5. The van der Waals surface area contributed by atoms with E-state index in [1.54, 1.807) is 51.2 Å². The van der Waals surface area contributed by atoms with Crippen LogP contribution in [0.25, 0.3) is 10.9 Å². The molecule has 1 aromatic heterocycles. The number of sulfonamides is 1. The van der Waals surface area contributed by atoms with Gasteiger partial charge in [0.05, 0.1) is 4.90 Å². The van der Waals surface area contributed by atoms with Crippen LogP contribution in [0.15, 0.2) is 94.9 Å². The van der Waals surface area contributed by atoms with Crippen molar-refractivity contribution in [3.05, 3.63) is 102 Å². The number of hydrogen-bond donors (Lipinski definition) is 7. The minimum atomic E-state index is -4.00. The Balaban J connectivity index is 1.23. The predicted octanol–water partition coefficient (Wildman–Crippen LogP) is 3.21. The Labute approximate surface area is 390 Å². The summed E-state index contributed by atoms with van der Waals surface area (Å²) in [5.74, 6) is -3.61. The number of ether oxygens (including phenoxy) is 2. The Morgan fingerprint density at radius 3 is 2.25 bits per heavy atom. The second kappa shape index (κ2) is 23.0. The molecule has 5 amide bonds. The van der Waals surface area contributed by atoms with Gasteiger partial charge in [-0.05, 0) is 96.6 Å². The van der Waals surface area contributed by atoms with Gasteiger partial charge in [0.1, 0.15) is 42.4 Å². The second-order valence-corrected chi connectivity index (χ2v) is 19.1. The number of nitrogens with two attached hydrogens (primary N) is 1. The van der Waals surface area contributed by atoms with E-state index in [1.807, 2.05) is 49.4 Å². The molecule has 1 aliphatic rings. The van der Waals surface area contributed by atoms with Crippen molar-refractivity contribution in [2.45, 2.75) is 121 Å². The molecule has 360 valence electrons. The number of H-pyrrole nitrogens is 1. The van der Waals surface area contributed by atoms with Gasteiger partial charge >= 0.3 is 12.1 Å². The van der Waals surface area contributed by atoms with Crippen molar-refractivity contribution in [3.63, 3.8) is 0 Å². The lowest BCUT2D eigenvalue weighted by molar-refractivity contribution is -0.148. The number of guanidine groups is 1. The highest BCUT2D eigenvalue weighted by atomic mass is 32.2. The van der Waals surface area contributed by atoms with Gasteiger partial charge in [0.15, 0.2) is 0 Å². The third-order valence-corrected chi connectivity index (χ3v) is 12.1. The molecule has 0 aliphatic carbocycles. The molecule has 0 radical (unpaired) electrons. The average molecular weight is 944 g/mol. The van der Waals surface area contributed by atoms with Gasteiger partial charge in [0.2, 0.25) is 29.6 Å². The van der Waals surface area contributed by atoms with Crippen LogP contribution < -0.4 is 31.7 Å². The molecular formula is C47H61N9O10S. The molecule has 67 heavy (non-hydrogen) atoms.